The van der Waals surface area contributed by atoms with Crippen LogP contribution in [0.15, 0.2) is 30.9 Å². The molecule has 0 heterocycles. The number of hydrogen-bond acceptors (Lipinski definition) is 0. The highest BCUT2D eigenvalue weighted by atomic mass is 35.5. The standard InChI is InChI=1S/C24H34ClF/c1-2-3-4-18-7-12-21(13-8-18)22-14-9-19(10-15-22)5-6-20-11-16-24(26)23(25)17-20/h2,11,16-19,21-22H,1,3-10,12-15H2. The van der Waals surface area contributed by atoms with E-state index in [1.807, 2.05) is 6.07 Å². The molecule has 2 aliphatic carbocycles. The fourth-order valence-electron chi connectivity index (χ4n) is 5.32. The van der Waals surface area contributed by atoms with E-state index in [0.717, 1.165) is 30.1 Å². The highest BCUT2D eigenvalue weighted by molar-refractivity contribution is 6.30. The molecule has 1 aromatic carbocycles. The molecule has 0 atom stereocenters. The van der Waals surface area contributed by atoms with Crippen molar-refractivity contribution >= 4 is 11.6 Å². The fourth-order valence-corrected chi connectivity index (χ4v) is 5.52. The van der Waals surface area contributed by atoms with E-state index in [1.54, 1.807) is 6.07 Å². The second-order valence-corrected chi connectivity index (χ2v) is 9.12. The number of rotatable bonds is 7. The number of benzene rings is 1. The Kier molecular flexibility index (Phi) is 7.61. The molecule has 0 nitrogen and oxygen atoms in total. The van der Waals surface area contributed by atoms with Gasteiger partial charge in [-0.15, -0.1) is 6.58 Å². The summed E-state index contributed by atoms with van der Waals surface area (Å²) in [4.78, 5) is 0. The van der Waals surface area contributed by atoms with Crippen LogP contribution < -0.4 is 0 Å². The SMILES string of the molecule is C=CCCC1CCC(C2CCC(CCc3ccc(F)c(Cl)c3)CC2)CC1. The molecule has 144 valence electrons. The van der Waals surface area contributed by atoms with Crippen molar-refractivity contribution in [1.82, 2.24) is 0 Å². The molecule has 0 amide bonds. The topological polar surface area (TPSA) is 0 Å². The number of aryl methyl sites for hydroxylation is 1. The maximum Gasteiger partial charge on any atom is 0.141 e. The third-order valence-corrected chi connectivity index (χ3v) is 7.34. The van der Waals surface area contributed by atoms with Gasteiger partial charge < -0.3 is 0 Å². The normalized spacial score (nSPS) is 29.5. The lowest BCUT2D eigenvalue weighted by atomic mass is 9.68. The van der Waals surface area contributed by atoms with Crippen molar-refractivity contribution in [2.24, 2.45) is 23.7 Å². The molecule has 0 radical (unpaired) electrons. The average Bonchev–Trinajstić information content (AvgIpc) is 2.68. The summed E-state index contributed by atoms with van der Waals surface area (Å²) in [6.07, 6.45) is 18.3. The van der Waals surface area contributed by atoms with E-state index < -0.39 is 0 Å². The lowest BCUT2D eigenvalue weighted by molar-refractivity contribution is 0.141. The van der Waals surface area contributed by atoms with E-state index in [4.69, 9.17) is 11.6 Å². The average molecular weight is 377 g/mol. The Morgan fingerprint density at radius 3 is 2.04 bits per heavy atom. The van der Waals surface area contributed by atoms with Crippen molar-refractivity contribution in [1.29, 1.82) is 0 Å². The molecule has 1 aromatic rings. The van der Waals surface area contributed by atoms with Crippen LogP contribution in [0.5, 0.6) is 0 Å². The Labute approximate surface area is 164 Å². The molecule has 0 spiro atoms. The molecule has 2 heteroatoms. The molecule has 0 aliphatic heterocycles. The molecular formula is C24H34ClF. The fraction of sp³-hybridized carbons (Fsp3) is 0.667. The molecule has 0 saturated heterocycles. The number of halogens is 2. The van der Waals surface area contributed by atoms with Crippen LogP contribution in [0.4, 0.5) is 4.39 Å². The van der Waals surface area contributed by atoms with Crippen molar-refractivity contribution < 1.29 is 4.39 Å². The Morgan fingerprint density at radius 2 is 1.50 bits per heavy atom. The van der Waals surface area contributed by atoms with Crippen LogP contribution in [-0.4, -0.2) is 0 Å². The zero-order valence-electron chi connectivity index (χ0n) is 16.1. The van der Waals surface area contributed by atoms with Crippen LogP contribution in [0.3, 0.4) is 0 Å². The summed E-state index contributed by atoms with van der Waals surface area (Å²) in [5, 5.41) is 0.259. The predicted octanol–water partition coefficient (Wildman–Crippen LogP) is 7.99. The number of hydrogen-bond donors (Lipinski definition) is 0. The summed E-state index contributed by atoms with van der Waals surface area (Å²) in [6.45, 7) is 3.86. The van der Waals surface area contributed by atoms with Crippen molar-refractivity contribution in [2.75, 3.05) is 0 Å². The third-order valence-electron chi connectivity index (χ3n) is 7.05. The molecular weight excluding hydrogens is 343 g/mol. The maximum atomic E-state index is 13.3. The van der Waals surface area contributed by atoms with E-state index in [-0.39, 0.29) is 10.8 Å². The van der Waals surface area contributed by atoms with Gasteiger partial charge in [-0.05, 0) is 92.7 Å². The quantitative estimate of drug-likeness (QED) is 0.423. The van der Waals surface area contributed by atoms with Gasteiger partial charge in [-0.1, -0.05) is 49.4 Å². The third kappa shape index (κ3) is 5.59. The van der Waals surface area contributed by atoms with Crippen LogP contribution in [0, 0.1) is 29.5 Å². The second kappa shape index (κ2) is 9.93. The second-order valence-electron chi connectivity index (χ2n) is 8.71. The number of allylic oxidation sites excluding steroid dienone is 1. The van der Waals surface area contributed by atoms with Crippen molar-refractivity contribution in [3.8, 4) is 0 Å². The first-order chi connectivity index (χ1) is 12.7. The first-order valence-electron chi connectivity index (χ1n) is 10.7. The van der Waals surface area contributed by atoms with Gasteiger partial charge in [-0.2, -0.15) is 0 Å². The molecule has 26 heavy (non-hydrogen) atoms. The van der Waals surface area contributed by atoms with Crippen molar-refractivity contribution in [3.63, 3.8) is 0 Å². The van der Waals surface area contributed by atoms with Gasteiger partial charge in [0.15, 0.2) is 0 Å². The minimum absolute atomic E-state index is 0.259. The summed E-state index contributed by atoms with van der Waals surface area (Å²) in [5.41, 5.74) is 1.18. The maximum absolute atomic E-state index is 13.3. The van der Waals surface area contributed by atoms with Gasteiger partial charge in [0.05, 0.1) is 5.02 Å². The Morgan fingerprint density at radius 1 is 0.923 bits per heavy atom. The van der Waals surface area contributed by atoms with Gasteiger partial charge in [0, 0.05) is 0 Å². The van der Waals surface area contributed by atoms with E-state index in [1.165, 1.54) is 82.3 Å². The van der Waals surface area contributed by atoms with Crippen LogP contribution >= 0.6 is 11.6 Å². The lowest BCUT2D eigenvalue weighted by Crippen LogP contribution is -2.26. The van der Waals surface area contributed by atoms with Gasteiger partial charge in [-0.3, -0.25) is 0 Å². The Hall–Kier alpha value is -0.820. The van der Waals surface area contributed by atoms with Gasteiger partial charge >= 0.3 is 0 Å². The summed E-state index contributed by atoms with van der Waals surface area (Å²) in [6, 6.07) is 5.19. The highest BCUT2D eigenvalue weighted by Gasteiger charge is 2.30. The molecule has 2 aliphatic rings. The molecule has 0 bridgehead atoms. The van der Waals surface area contributed by atoms with Crippen molar-refractivity contribution in [3.05, 3.63) is 47.3 Å². The van der Waals surface area contributed by atoms with E-state index in [0.29, 0.717) is 0 Å². The minimum atomic E-state index is -0.310. The summed E-state index contributed by atoms with van der Waals surface area (Å²) >= 11 is 5.90. The van der Waals surface area contributed by atoms with E-state index in [9.17, 15) is 4.39 Å². The van der Waals surface area contributed by atoms with Gasteiger partial charge in [-0.25, -0.2) is 4.39 Å². The van der Waals surface area contributed by atoms with Gasteiger partial charge in [0.2, 0.25) is 0 Å². The Bertz CT molecular complexity index is 566. The van der Waals surface area contributed by atoms with Crippen LogP contribution in [0.1, 0.15) is 76.2 Å². The lowest BCUT2D eigenvalue weighted by Gasteiger charge is -2.38. The molecule has 0 aromatic heterocycles. The smallest absolute Gasteiger partial charge is 0.141 e. The van der Waals surface area contributed by atoms with Gasteiger partial charge in [0.1, 0.15) is 5.82 Å². The van der Waals surface area contributed by atoms with E-state index >= 15 is 0 Å². The summed E-state index contributed by atoms with van der Waals surface area (Å²) in [5.74, 6) is 3.47. The zero-order chi connectivity index (χ0) is 18.4. The molecule has 2 saturated carbocycles. The van der Waals surface area contributed by atoms with Gasteiger partial charge in [0.25, 0.3) is 0 Å². The zero-order valence-corrected chi connectivity index (χ0v) is 16.8. The molecule has 2 fully saturated rings. The monoisotopic (exact) mass is 376 g/mol. The highest BCUT2D eigenvalue weighted by Crippen LogP contribution is 2.43. The van der Waals surface area contributed by atoms with Crippen LogP contribution in [0.2, 0.25) is 5.02 Å². The molecule has 0 unspecified atom stereocenters. The minimum Gasteiger partial charge on any atom is -0.205 e. The largest absolute Gasteiger partial charge is 0.205 e. The first kappa shape index (κ1) is 19.9. The summed E-state index contributed by atoms with van der Waals surface area (Å²) < 4.78 is 13.3. The first-order valence-corrected chi connectivity index (χ1v) is 11.1. The Balaban J connectivity index is 1.36. The van der Waals surface area contributed by atoms with Crippen molar-refractivity contribution in [2.45, 2.75) is 77.0 Å². The predicted molar refractivity (Wildman–Crippen MR) is 110 cm³/mol. The van der Waals surface area contributed by atoms with Crippen LogP contribution in [-0.2, 0) is 6.42 Å². The molecule has 0 N–H and O–H groups in total. The molecule has 3 rings (SSSR count). The summed E-state index contributed by atoms with van der Waals surface area (Å²) in [7, 11) is 0. The van der Waals surface area contributed by atoms with Crippen LogP contribution in [0.25, 0.3) is 0 Å². The van der Waals surface area contributed by atoms with E-state index in [2.05, 4.69) is 12.7 Å².